The fourth-order valence-electron chi connectivity index (χ4n) is 3.00. The van der Waals surface area contributed by atoms with Crippen LogP contribution in [0.15, 0.2) is 12.2 Å². The van der Waals surface area contributed by atoms with E-state index in [-0.39, 0.29) is 0 Å². The van der Waals surface area contributed by atoms with Crippen LogP contribution in [-0.2, 0) is 4.84 Å². The van der Waals surface area contributed by atoms with E-state index in [9.17, 15) is 0 Å². The summed E-state index contributed by atoms with van der Waals surface area (Å²) in [7, 11) is 0. The molecular weight excluding hydrogens is 210 g/mol. The molecule has 2 rings (SSSR count). The summed E-state index contributed by atoms with van der Waals surface area (Å²) in [5.74, 6) is 0. The molecule has 2 fully saturated rings. The van der Waals surface area contributed by atoms with E-state index in [1.54, 1.807) is 0 Å². The van der Waals surface area contributed by atoms with Crippen molar-refractivity contribution >= 4 is 0 Å². The van der Waals surface area contributed by atoms with Crippen LogP contribution < -0.4 is 0 Å². The lowest BCUT2D eigenvalue weighted by Crippen LogP contribution is -2.34. The molecule has 2 aliphatic heterocycles. The molecule has 0 amide bonds. The molecule has 2 aliphatic rings. The van der Waals surface area contributed by atoms with E-state index in [2.05, 4.69) is 31.1 Å². The fraction of sp³-hybridized carbons (Fsp3) is 0.867. The Balaban J connectivity index is 1.58. The van der Waals surface area contributed by atoms with Crippen molar-refractivity contribution in [2.45, 2.75) is 83.4 Å². The number of nitrogens with zero attached hydrogens (tertiary/aromatic N) is 1. The molecule has 0 aliphatic carbocycles. The number of unbranched alkanes of at least 4 members (excludes halogenated alkanes) is 5. The molecule has 98 valence electrons. The van der Waals surface area contributed by atoms with Crippen molar-refractivity contribution in [2.24, 2.45) is 0 Å². The highest BCUT2D eigenvalue weighted by Crippen LogP contribution is 2.35. The second-order valence-corrected chi connectivity index (χ2v) is 5.61. The highest BCUT2D eigenvalue weighted by Gasteiger charge is 2.42. The molecule has 0 aromatic rings. The number of fused-ring (bicyclic) bond motifs is 2. The molecule has 0 aromatic carbocycles. The van der Waals surface area contributed by atoms with Gasteiger partial charge in [0.1, 0.15) is 0 Å². The van der Waals surface area contributed by atoms with Gasteiger partial charge >= 0.3 is 0 Å². The molecule has 4 atom stereocenters. The van der Waals surface area contributed by atoms with Crippen LogP contribution in [0.25, 0.3) is 0 Å². The summed E-state index contributed by atoms with van der Waals surface area (Å²) in [5, 5.41) is 2.21. The minimum atomic E-state index is 0.504. The first-order chi connectivity index (χ1) is 8.31. The number of allylic oxidation sites excluding steroid dienone is 1. The van der Waals surface area contributed by atoms with E-state index in [1.807, 2.05) is 0 Å². The van der Waals surface area contributed by atoms with Crippen LogP contribution in [-0.4, -0.2) is 23.3 Å². The lowest BCUT2D eigenvalue weighted by Gasteiger charge is -2.24. The number of rotatable bonds is 7. The van der Waals surface area contributed by atoms with E-state index in [1.165, 1.54) is 51.4 Å². The van der Waals surface area contributed by atoms with Gasteiger partial charge in [0.15, 0.2) is 0 Å². The SMILES string of the molecule is CCCCCCC/C=C\[C@@H]1C[C@H]2C[C@H](C)N1O2. The van der Waals surface area contributed by atoms with Gasteiger partial charge in [-0.25, -0.2) is 0 Å². The summed E-state index contributed by atoms with van der Waals surface area (Å²) >= 11 is 0. The third kappa shape index (κ3) is 3.56. The van der Waals surface area contributed by atoms with Crippen molar-refractivity contribution < 1.29 is 4.84 Å². The van der Waals surface area contributed by atoms with Crippen molar-refractivity contribution in [1.82, 2.24) is 5.06 Å². The first-order valence-corrected chi connectivity index (χ1v) is 7.43. The predicted molar refractivity (Wildman–Crippen MR) is 71.7 cm³/mol. The monoisotopic (exact) mass is 237 g/mol. The van der Waals surface area contributed by atoms with Crippen LogP contribution in [0.4, 0.5) is 0 Å². The van der Waals surface area contributed by atoms with Gasteiger partial charge in [-0.2, -0.15) is 5.06 Å². The third-order valence-corrected chi connectivity index (χ3v) is 3.97. The van der Waals surface area contributed by atoms with Crippen molar-refractivity contribution in [3.63, 3.8) is 0 Å². The fourth-order valence-corrected chi connectivity index (χ4v) is 3.00. The number of hydroxylamine groups is 2. The average molecular weight is 237 g/mol. The Morgan fingerprint density at radius 1 is 1.18 bits per heavy atom. The summed E-state index contributed by atoms with van der Waals surface area (Å²) in [6, 6.07) is 1.17. The van der Waals surface area contributed by atoms with Crippen molar-refractivity contribution in [3.8, 4) is 0 Å². The molecule has 2 saturated heterocycles. The van der Waals surface area contributed by atoms with Crippen molar-refractivity contribution in [3.05, 3.63) is 12.2 Å². The Bertz CT molecular complexity index is 251. The van der Waals surface area contributed by atoms with E-state index in [0.717, 1.165) is 0 Å². The van der Waals surface area contributed by atoms with Gasteiger partial charge in [0.05, 0.1) is 12.1 Å². The highest BCUT2D eigenvalue weighted by molar-refractivity contribution is 5.01. The summed E-state index contributed by atoms with van der Waals surface area (Å²) in [6.45, 7) is 4.54. The molecule has 2 heteroatoms. The zero-order chi connectivity index (χ0) is 12.1. The quantitative estimate of drug-likeness (QED) is 0.489. The summed E-state index contributed by atoms with van der Waals surface area (Å²) in [6.07, 6.45) is 15.8. The molecule has 17 heavy (non-hydrogen) atoms. The normalized spacial score (nSPS) is 36.1. The molecule has 2 heterocycles. The molecule has 2 nitrogen and oxygen atoms in total. The molecular formula is C15H27NO. The largest absolute Gasteiger partial charge is 0.295 e. The van der Waals surface area contributed by atoms with Gasteiger partial charge in [-0.3, -0.25) is 4.84 Å². The second kappa shape index (κ2) is 6.55. The molecule has 0 N–H and O–H groups in total. The maximum Gasteiger partial charge on any atom is 0.0828 e. The van der Waals surface area contributed by atoms with Gasteiger partial charge < -0.3 is 0 Å². The first kappa shape index (κ1) is 13.1. The van der Waals surface area contributed by atoms with E-state index >= 15 is 0 Å². The van der Waals surface area contributed by atoms with Gasteiger partial charge in [0.25, 0.3) is 0 Å². The molecule has 2 bridgehead atoms. The van der Waals surface area contributed by atoms with Gasteiger partial charge in [-0.15, -0.1) is 0 Å². The lowest BCUT2D eigenvalue weighted by molar-refractivity contribution is -0.122. The first-order valence-electron chi connectivity index (χ1n) is 7.43. The minimum absolute atomic E-state index is 0.504. The second-order valence-electron chi connectivity index (χ2n) is 5.61. The Hall–Kier alpha value is -0.340. The number of hydrogen-bond acceptors (Lipinski definition) is 2. The van der Waals surface area contributed by atoms with E-state index < -0.39 is 0 Å². The maximum absolute atomic E-state index is 5.79. The number of piperidine rings is 1. The molecule has 0 aromatic heterocycles. The Labute approximate surface area is 106 Å². The van der Waals surface area contributed by atoms with Gasteiger partial charge in [-0.05, 0) is 32.6 Å². The standard InChI is InChI=1S/C15H27NO/c1-3-4-5-6-7-8-9-10-14-12-15-11-13(2)16(14)17-15/h9-10,13-15H,3-8,11-12H2,1-2H3/b10-9-/t13-,14+,15+/m0/s1. The van der Waals surface area contributed by atoms with Gasteiger partial charge in [0.2, 0.25) is 0 Å². The Morgan fingerprint density at radius 3 is 2.71 bits per heavy atom. The van der Waals surface area contributed by atoms with Gasteiger partial charge in [-0.1, -0.05) is 44.8 Å². The van der Waals surface area contributed by atoms with Crippen molar-refractivity contribution in [1.29, 1.82) is 0 Å². The predicted octanol–water partition coefficient (Wildman–Crippen LogP) is 4.07. The van der Waals surface area contributed by atoms with E-state index in [4.69, 9.17) is 4.84 Å². The average Bonchev–Trinajstić information content (AvgIpc) is 2.86. The minimum Gasteiger partial charge on any atom is -0.295 e. The van der Waals surface area contributed by atoms with Gasteiger partial charge in [0, 0.05) is 6.04 Å². The maximum atomic E-state index is 5.79. The highest BCUT2D eigenvalue weighted by atomic mass is 16.7. The lowest BCUT2D eigenvalue weighted by atomic mass is 9.98. The Kier molecular flexibility index (Phi) is 5.05. The van der Waals surface area contributed by atoms with E-state index in [0.29, 0.717) is 18.2 Å². The van der Waals surface area contributed by atoms with Crippen LogP contribution in [0, 0.1) is 0 Å². The van der Waals surface area contributed by atoms with Crippen LogP contribution in [0.5, 0.6) is 0 Å². The van der Waals surface area contributed by atoms with Crippen LogP contribution >= 0.6 is 0 Å². The zero-order valence-electron chi connectivity index (χ0n) is 11.4. The third-order valence-electron chi connectivity index (χ3n) is 3.97. The molecule has 0 spiro atoms. The zero-order valence-corrected chi connectivity index (χ0v) is 11.4. The van der Waals surface area contributed by atoms with Crippen LogP contribution in [0.3, 0.4) is 0 Å². The smallest absolute Gasteiger partial charge is 0.0828 e. The molecule has 0 saturated carbocycles. The topological polar surface area (TPSA) is 12.5 Å². The number of hydrogen-bond donors (Lipinski definition) is 0. The summed E-state index contributed by atoms with van der Waals surface area (Å²) < 4.78 is 0. The molecule has 1 unspecified atom stereocenters. The Morgan fingerprint density at radius 2 is 2.00 bits per heavy atom. The van der Waals surface area contributed by atoms with Crippen LogP contribution in [0.1, 0.15) is 65.2 Å². The van der Waals surface area contributed by atoms with Crippen molar-refractivity contribution in [2.75, 3.05) is 0 Å². The summed E-state index contributed by atoms with van der Waals surface area (Å²) in [5.41, 5.74) is 0. The molecule has 0 radical (unpaired) electrons. The summed E-state index contributed by atoms with van der Waals surface area (Å²) in [4.78, 5) is 5.79. The van der Waals surface area contributed by atoms with Crippen LogP contribution in [0.2, 0.25) is 0 Å².